The largest absolute Gasteiger partial charge is 0.378 e. The molecule has 0 aliphatic carbocycles. The Labute approximate surface area is 166 Å². The maximum Gasteiger partial charge on any atom is 0.0599 e. The first-order valence-electron chi connectivity index (χ1n) is 10.2. The van der Waals surface area contributed by atoms with Crippen molar-refractivity contribution in [1.82, 2.24) is 9.80 Å². The van der Waals surface area contributed by atoms with Gasteiger partial charge in [0.05, 0.1) is 6.10 Å². The van der Waals surface area contributed by atoms with Crippen molar-refractivity contribution in [3.63, 3.8) is 0 Å². The van der Waals surface area contributed by atoms with Gasteiger partial charge in [-0.1, -0.05) is 43.5 Å². The predicted molar refractivity (Wildman–Crippen MR) is 116 cm³/mol. The lowest BCUT2D eigenvalue weighted by Gasteiger charge is -2.34. The highest BCUT2D eigenvalue weighted by Gasteiger charge is 2.20. The van der Waals surface area contributed by atoms with Crippen LogP contribution in [0.3, 0.4) is 0 Å². The minimum absolute atomic E-state index is 0.532. The summed E-state index contributed by atoms with van der Waals surface area (Å²) in [6, 6.07) is 9.25. The zero-order valence-corrected chi connectivity index (χ0v) is 17.4. The molecule has 3 heteroatoms. The molecule has 2 aliphatic heterocycles. The number of benzene rings is 1. The normalized spacial score (nSPS) is 18.1. The molecule has 0 saturated carbocycles. The molecule has 0 spiro atoms. The predicted octanol–water partition coefficient (Wildman–Crippen LogP) is 5.15. The van der Waals surface area contributed by atoms with E-state index < -0.39 is 0 Å². The van der Waals surface area contributed by atoms with Gasteiger partial charge in [0.25, 0.3) is 0 Å². The number of allylic oxidation sites excluding steroid dienone is 3. The Morgan fingerprint density at radius 1 is 1.15 bits per heavy atom. The number of hydrogen-bond acceptors (Lipinski definition) is 3. The zero-order valence-electron chi connectivity index (χ0n) is 17.4. The van der Waals surface area contributed by atoms with Gasteiger partial charge in [-0.25, -0.2) is 0 Å². The topological polar surface area (TPSA) is 15.7 Å². The minimum atomic E-state index is 0.532. The Balaban J connectivity index is 0.000000199. The fourth-order valence-electron chi connectivity index (χ4n) is 3.73. The molecule has 1 aromatic carbocycles. The van der Waals surface area contributed by atoms with E-state index in [1.165, 1.54) is 37.1 Å². The second-order valence-corrected chi connectivity index (χ2v) is 7.44. The van der Waals surface area contributed by atoms with Crippen LogP contribution in [0, 0.1) is 0 Å². The molecule has 2 aliphatic rings. The summed E-state index contributed by atoms with van der Waals surface area (Å²) in [7, 11) is 0. The summed E-state index contributed by atoms with van der Waals surface area (Å²) in [5.41, 5.74) is 3.96. The molecule has 1 saturated heterocycles. The number of fused-ring (bicyclic) bond motifs is 1. The zero-order chi connectivity index (χ0) is 19.6. The van der Waals surface area contributed by atoms with Crippen LogP contribution >= 0.6 is 0 Å². The van der Waals surface area contributed by atoms with E-state index in [1.807, 2.05) is 12.2 Å². The Morgan fingerprint density at radius 3 is 2.19 bits per heavy atom. The molecule has 0 atom stereocenters. The van der Waals surface area contributed by atoms with Crippen LogP contribution in [0.2, 0.25) is 0 Å². The molecule has 3 nitrogen and oxygen atoms in total. The molecule has 0 amide bonds. The first-order chi connectivity index (χ1) is 13.1. The molecule has 27 heavy (non-hydrogen) atoms. The van der Waals surface area contributed by atoms with Crippen LogP contribution in [0.15, 0.2) is 61.3 Å². The average Bonchev–Trinajstić information content (AvgIpc) is 3.11. The lowest BCUT2D eigenvalue weighted by Crippen LogP contribution is -2.40. The van der Waals surface area contributed by atoms with Crippen LogP contribution in [0.25, 0.3) is 0 Å². The number of rotatable bonds is 6. The van der Waals surface area contributed by atoms with Gasteiger partial charge < -0.3 is 14.5 Å². The third-order valence-electron chi connectivity index (χ3n) is 5.31. The maximum absolute atomic E-state index is 5.58. The van der Waals surface area contributed by atoms with E-state index in [1.54, 1.807) is 6.08 Å². The van der Waals surface area contributed by atoms with Gasteiger partial charge in [0.1, 0.15) is 0 Å². The smallest absolute Gasteiger partial charge is 0.0599 e. The number of likely N-dealkylation sites (tertiary alicyclic amines) is 1. The van der Waals surface area contributed by atoms with Crippen molar-refractivity contribution in [3.8, 4) is 0 Å². The van der Waals surface area contributed by atoms with E-state index in [0.717, 1.165) is 25.4 Å². The van der Waals surface area contributed by atoms with E-state index in [9.17, 15) is 0 Å². The Morgan fingerprint density at radius 2 is 1.74 bits per heavy atom. The average molecular weight is 369 g/mol. The fraction of sp³-hybridized carbons (Fsp3) is 0.500. The second kappa shape index (κ2) is 11.1. The summed E-state index contributed by atoms with van der Waals surface area (Å²) in [5.74, 6) is 0. The van der Waals surface area contributed by atoms with Gasteiger partial charge in [-0.05, 0) is 56.9 Å². The first kappa shape index (κ1) is 21.5. The standard InChI is InChI=1S/C14H15N.C10H21NO/c1-3-7-14(4-2)15-10-12-8-5-6-9-13(12)11-15;1-4-12-10-5-7-11(8-6-10)9(2)3/h3-9H,1-2,10-11H2;9-10H,4-8H2,1-3H3/b14-7+;. The monoisotopic (exact) mass is 368 g/mol. The van der Waals surface area contributed by atoms with Crippen molar-refractivity contribution in [2.75, 3.05) is 19.7 Å². The van der Waals surface area contributed by atoms with Gasteiger partial charge in [-0.2, -0.15) is 0 Å². The van der Waals surface area contributed by atoms with Crippen LogP contribution in [-0.4, -0.2) is 41.6 Å². The second-order valence-electron chi connectivity index (χ2n) is 7.44. The summed E-state index contributed by atoms with van der Waals surface area (Å²) in [6.07, 6.45) is 8.65. The van der Waals surface area contributed by atoms with Gasteiger partial charge in [0.2, 0.25) is 0 Å². The lowest BCUT2D eigenvalue weighted by atomic mass is 10.1. The third-order valence-corrected chi connectivity index (χ3v) is 5.31. The number of ether oxygens (including phenoxy) is 1. The van der Waals surface area contributed by atoms with Crippen molar-refractivity contribution in [1.29, 1.82) is 0 Å². The SMILES string of the molecule is C=C/C=C(\C=C)N1Cc2ccccc2C1.CCOC1CCN(C(C)C)CC1. The van der Waals surface area contributed by atoms with Crippen molar-refractivity contribution in [3.05, 3.63) is 72.5 Å². The Bertz CT molecular complexity index is 602. The van der Waals surface area contributed by atoms with Crippen LogP contribution < -0.4 is 0 Å². The van der Waals surface area contributed by atoms with Crippen LogP contribution in [0.5, 0.6) is 0 Å². The summed E-state index contributed by atoms with van der Waals surface area (Å²) in [6.45, 7) is 19.4. The Kier molecular flexibility index (Phi) is 8.83. The summed E-state index contributed by atoms with van der Waals surface area (Å²) >= 11 is 0. The van der Waals surface area contributed by atoms with Crippen molar-refractivity contribution >= 4 is 0 Å². The molecule has 0 aromatic heterocycles. The molecule has 3 rings (SSSR count). The molecule has 0 bridgehead atoms. The van der Waals surface area contributed by atoms with Crippen molar-refractivity contribution in [2.45, 2.75) is 58.8 Å². The van der Waals surface area contributed by atoms with E-state index >= 15 is 0 Å². The van der Waals surface area contributed by atoms with Crippen molar-refractivity contribution in [2.24, 2.45) is 0 Å². The van der Waals surface area contributed by atoms with Crippen LogP contribution in [0.1, 0.15) is 44.7 Å². The number of piperidine rings is 1. The molecule has 0 unspecified atom stereocenters. The molecule has 1 aromatic rings. The molecule has 1 fully saturated rings. The van der Waals surface area contributed by atoms with Crippen LogP contribution in [0.4, 0.5) is 0 Å². The minimum Gasteiger partial charge on any atom is -0.378 e. The third kappa shape index (κ3) is 6.37. The molecular formula is C24H36N2O. The highest BCUT2D eigenvalue weighted by Crippen LogP contribution is 2.25. The summed E-state index contributed by atoms with van der Waals surface area (Å²) in [4.78, 5) is 4.83. The molecule has 148 valence electrons. The van der Waals surface area contributed by atoms with Gasteiger partial charge in [-0.3, -0.25) is 0 Å². The number of nitrogens with zero attached hydrogens (tertiary/aromatic N) is 2. The van der Waals surface area contributed by atoms with E-state index in [-0.39, 0.29) is 0 Å². The van der Waals surface area contributed by atoms with E-state index in [0.29, 0.717) is 12.1 Å². The Hall–Kier alpha value is -1.84. The van der Waals surface area contributed by atoms with Gasteiger partial charge in [0, 0.05) is 44.5 Å². The molecule has 2 heterocycles. The summed E-state index contributed by atoms with van der Waals surface area (Å²) in [5, 5.41) is 0. The fourth-order valence-corrected chi connectivity index (χ4v) is 3.73. The van der Waals surface area contributed by atoms with Gasteiger partial charge in [0.15, 0.2) is 0 Å². The van der Waals surface area contributed by atoms with Gasteiger partial charge in [-0.15, -0.1) is 0 Å². The van der Waals surface area contributed by atoms with Crippen LogP contribution in [-0.2, 0) is 17.8 Å². The molecule has 0 N–H and O–H groups in total. The summed E-state index contributed by atoms with van der Waals surface area (Å²) < 4.78 is 5.58. The van der Waals surface area contributed by atoms with Gasteiger partial charge >= 0.3 is 0 Å². The first-order valence-corrected chi connectivity index (χ1v) is 10.2. The highest BCUT2D eigenvalue weighted by molar-refractivity contribution is 5.34. The quantitative estimate of drug-likeness (QED) is 0.646. The van der Waals surface area contributed by atoms with E-state index in [2.05, 4.69) is 68.0 Å². The molecular weight excluding hydrogens is 332 g/mol. The van der Waals surface area contributed by atoms with Crippen molar-refractivity contribution < 1.29 is 4.74 Å². The molecule has 0 radical (unpaired) electrons. The van der Waals surface area contributed by atoms with E-state index in [4.69, 9.17) is 4.74 Å². The highest BCUT2D eigenvalue weighted by atomic mass is 16.5. The lowest BCUT2D eigenvalue weighted by molar-refractivity contribution is 0.00760. The maximum atomic E-state index is 5.58. The number of hydrogen-bond donors (Lipinski definition) is 0.